The van der Waals surface area contributed by atoms with Gasteiger partial charge >= 0.3 is 0 Å². The number of benzene rings is 1. The summed E-state index contributed by atoms with van der Waals surface area (Å²) in [5.41, 5.74) is 0.846. The van der Waals surface area contributed by atoms with E-state index in [-0.39, 0.29) is 16.5 Å². The molecule has 0 spiro atoms. The number of aromatic amines is 1. The van der Waals surface area contributed by atoms with Crippen LogP contribution in [0.25, 0.3) is 0 Å². The summed E-state index contributed by atoms with van der Waals surface area (Å²) in [5.74, 6) is 0. The van der Waals surface area contributed by atoms with Crippen LogP contribution >= 0.6 is 0 Å². The molecule has 2 aromatic rings. The zero-order chi connectivity index (χ0) is 15.3. The van der Waals surface area contributed by atoms with Crippen LogP contribution in [0, 0.1) is 0 Å². The lowest BCUT2D eigenvalue weighted by atomic mass is 10.1. The maximum Gasteiger partial charge on any atom is 0.247 e. The molecule has 0 aliphatic carbocycles. The van der Waals surface area contributed by atoms with Crippen molar-refractivity contribution in [3.63, 3.8) is 0 Å². The molecule has 0 bridgehead atoms. The topological polar surface area (TPSA) is 79.0 Å². The number of aryl methyl sites for hydroxylation is 1. The first-order valence-corrected chi connectivity index (χ1v) is 8.21. The number of pyridine rings is 1. The van der Waals surface area contributed by atoms with Gasteiger partial charge in [-0.05, 0) is 31.4 Å². The van der Waals surface area contributed by atoms with Gasteiger partial charge in [-0.2, -0.15) is 0 Å². The molecular weight excluding hydrogens is 288 g/mol. The SMILES string of the molecule is CC(CCc1ccccc1)NS(=O)(=O)c1ccc(=O)[nH]c1. The van der Waals surface area contributed by atoms with E-state index in [1.54, 1.807) is 0 Å². The van der Waals surface area contributed by atoms with Gasteiger partial charge in [-0.15, -0.1) is 0 Å². The summed E-state index contributed by atoms with van der Waals surface area (Å²) < 4.78 is 26.9. The molecule has 1 heterocycles. The number of aromatic nitrogens is 1. The summed E-state index contributed by atoms with van der Waals surface area (Å²) in [4.78, 5) is 13.4. The van der Waals surface area contributed by atoms with E-state index >= 15 is 0 Å². The molecular formula is C15H18N2O3S. The van der Waals surface area contributed by atoms with Crippen molar-refractivity contribution in [3.8, 4) is 0 Å². The molecule has 0 radical (unpaired) electrons. The van der Waals surface area contributed by atoms with Crippen LogP contribution in [0.2, 0.25) is 0 Å². The van der Waals surface area contributed by atoms with Gasteiger partial charge in [0.1, 0.15) is 0 Å². The van der Waals surface area contributed by atoms with Crippen LogP contribution in [-0.2, 0) is 16.4 Å². The van der Waals surface area contributed by atoms with E-state index in [9.17, 15) is 13.2 Å². The Morgan fingerprint density at radius 1 is 1.14 bits per heavy atom. The first-order valence-electron chi connectivity index (χ1n) is 6.72. The molecule has 1 aromatic carbocycles. The molecule has 1 unspecified atom stereocenters. The minimum atomic E-state index is -3.60. The van der Waals surface area contributed by atoms with Gasteiger partial charge in [0.25, 0.3) is 0 Å². The van der Waals surface area contributed by atoms with Crippen molar-refractivity contribution in [2.45, 2.75) is 30.7 Å². The number of nitrogens with one attached hydrogen (secondary N) is 2. The summed E-state index contributed by atoms with van der Waals surface area (Å²) in [6.45, 7) is 1.83. The Morgan fingerprint density at radius 2 is 1.86 bits per heavy atom. The average Bonchev–Trinajstić information content (AvgIpc) is 2.46. The van der Waals surface area contributed by atoms with Crippen LogP contribution in [0.4, 0.5) is 0 Å². The maximum absolute atomic E-state index is 12.1. The van der Waals surface area contributed by atoms with Crippen molar-refractivity contribution < 1.29 is 8.42 Å². The average molecular weight is 306 g/mol. The molecule has 2 rings (SSSR count). The van der Waals surface area contributed by atoms with Gasteiger partial charge in [-0.1, -0.05) is 30.3 Å². The Balaban J connectivity index is 1.96. The van der Waals surface area contributed by atoms with Gasteiger partial charge in [0.2, 0.25) is 15.6 Å². The second-order valence-corrected chi connectivity index (χ2v) is 6.65. The quantitative estimate of drug-likeness (QED) is 0.852. The highest BCUT2D eigenvalue weighted by Gasteiger charge is 2.17. The van der Waals surface area contributed by atoms with Gasteiger partial charge in [0.15, 0.2) is 0 Å². The van der Waals surface area contributed by atoms with Crippen molar-refractivity contribution >= 4 is 10.0 Å². The normalized spacial score (nSPS) is 13.0. The molecule has 112 valence electrons. The van der Waals surface area contributed by atoms with E-state index in [1.165, 1.54) is 23.9 Å². The van der Waals surface area contributed by atoms with Gasteiger partial charge in [0.05, 0.1) is 4.90 Å². The van der Waals surface area contributed by atoms with E-state index in [2.05, 4.69) is 9.71 Å². The van der Waals surface area contributed by atoms with Crippen molar-refractivity contribution in [1.29, 1.82) is 0 Å². The Kier molecular flexibility index (Phi) is 4.93. The third-order valence-electron chi connectivity index (χ3n) is 3.13. The molecule has 1 aromatic heterocycles. The Bertz CT molecular complexity index is 719. The highest BCUT2D eigenvalue weighted by molar-refractivity contribution is 7.89. The Hall–Kier alpha value is -1.92. The Morgan fingerprint density at radius 3 is 2.48 bits per heavy atom. The minimum Gasteiger partial charge on any atom is -0.328 e. The standard InChI is InChI=1S/C15H18N2O3S/c1-12(7-8-13-5-3-2-4-6-13)17-21(19,20)14-9-10-15(18)16-11-14/h2-6,9-12,17H,7-8H2,1H3,(H,16,18). The predicted molar refractivity (Wildman–Crippen MR) is 81.6 cm³/mol. The summed E-state index contributed by atoms with van der Waals surface area (Å²) in [7, 11) is -3.60. The van der Waals surface area contributed by atoms with E-state index in [4.69, 9.17) is 0 Å². The number of rotatable bonds is 6. The van der Waals surface area contributed by atoms with E-state index in [0.717, 1.165) is 6.42 Å². The largest absolute Gasteiger partial charge is 0.328 e. The van der Waals surface area contributed by atoms with Gasteiger partial charge in [-0.25, -0.2) is 13.1 Å². The lowest BCUT2D eigenvalue weighted by Gasteiger charge is -2.14. The monoisotopic (exact) mass is 306 g/mol. The highest BCUT2D eigenvalue weighted by Crippen LogP contribution is 2.09. The van der Waals surface area contributed by atoms with Gasteiger partial charge < -0.3 is 4.98 Å². The molecule has 0 fully saturated rings. The van der Waals surface area contributed by atoms with Crippen LogP contribution in [0.15, 0.2) is 58.4 Å². The van der Waals surface area contributed by atoms with Crippen molar-refractivity contribution in [2.24, 2.45) is 0 Å². The number of hydrogen-bond acceptors (Lipinski definition) is 3. The lowest BCUT2D eigenvalue weighted by Crippen LogP contribution is -2.33. The minimum absolute atomic E-state index is 0.0636. The first-order chi connectivity index (χ1) is 9.97. The molecule has 0 saturated carbocycles. The summed E-state index contributed by atoms with van der Waals surface area (Å²) in [6, 6.07) is 12.2. The zero-order valence-corrected chi connectivity index (χ0v) is 12.6. The van der Waals surface area contributed by atoms with E-state index in [1.807, 2.05) is 37.3 Å². The van der Waals surface area contributed by atoms with Crippen LogP contribution < -0.4 is 10.3 Å². The number of hydrogen-bond donors (Lipinski definition) is 2. The fourth-order valence-electron chi connectivity index (χ4n) is 1.98. The molecule has 0 amide bonds. The van der Waals surface area contributed by atoms with Crippen LogP contribution in [0.3, 0.4) is 0 Å². The molecule has 6 heteroatoms. The summed E-state index contributed by atoms with van der Waals surface area (Å²) >= 11 is 0. The first kappa shape index (κ1) is 15.5. The number of H-pyrrole nitrogens is 1. The van der Waals surface area contributed by atoms with Crippen LogP contribution in [-0.4, -0.2) is 19.4 Å². The number of sulfonamides is 1. The lowest BCUT2D eigenvalue weighted by molar-refractivity contribution is 0.546. The third kappa shape index (κ3) is 4.54. The summed E-state index contributed by atoms with van der Waals surface area (Å²) in [5, 5.41) is 0. The molecule has 0 aliphatic rings. The molecule has 2 N–H and O–H groups in total. The fourth-order valence-corrected chi connectivity index (χ4v) is 3.23. The third-order valence-corrected chi connectivity index (χ3v) is 4.72. The van der Waals surface area contributed by atoms with Crippen molar-refractivity contribution in [2.75, 3.05) is 0 Å². The fraction of sp³-hybridized carbons (Fsp3) is 0.267. The van der Waals surface area contributed by atoms with Gasteiger partial charge in [0, 0.05) is 18.3 Å². The Labute approximate surface area is 124 Å². The predicted octanol–water partition coefficient (Wildman–Crippen LogP) is 1.67. The molecule has 5 nitrogen and oxygen atoms in total. The molecule has 0 aliphatic heterocycles. The highest BCUT2D eigenvalue weighted by atomic mass is 32.2. The van der Waals surface area contributed by atoms with Crippen molar-refractivity contribution in [1.82, 2.24) is 9.71 Å². The molecule has 0 saturated heterocycles. The van der Waals surface area contributed by atoms with Crippen LogP contribution in [0.5, 0.6) is 0 Å². The second-order valence-electron chi connectivity index (χ2n) is 4.94. The van der Waals surface area contributed by atoms with Gasteiger partial charge in [-0.3, -0.25) is 4.79 Å². The van der Waals surface area contributed by atoms with Crippen molar-refractivity contribution in [3.05, 3.63) is 64.6 Å². The maximum atomic E-state index is 12.1. The summed E-state index contributed by atoms with van der Waals surface area (Å²) in [6.07, 6.45) is 2.71. The van der Waals surface area contributed by atoms with E-state index in [0.29, 0.717) is 6.42 Å². The van der Waals surface area contributed by atoms with E-state index < -0.39 is 10.0 Å². The smallest absolute Gasteiger partial charge is 0.247 e. The van der Waals surface area contributed by atoms with Crippen LogP contribution in [0.1, 0.15) is 18.9 Å². The zero-order valence-electron chi connectivity index (χ0n) is 11.7. The molecule has 1 atom stereocenters. The second kappa shape index (κ2) is 6.69. The molecule has 21 heavy (non-hydrogen) atoms.